The van der Waals surface area contributed by atoms with E-state index in [0.29, 0.717) is 22.2 Å². The van der Waals surface area contributed by atoms with Crippen molar-refractivity contribution in [2.45, 2.75) is 26.3 Å². The van der Waals surface area contributed by atoms with Crippen molar-refractivity contribution in [2.24, 2.45) is 0 Å². The molecular weight excluding hydrogens is 342 g/mol. The third-order valence-corrected chi connectivity index (χ3v) is 4.07. The number of fused-ring (bicyclic) bond motifs is 1. The molecule has 6 heteroatoms. The lowest BCUT2D eigenvalue weighted by molar-refractivity contribution is -0.121. The fraction of sp³-hybridized carbons (Fsp3) is 0.381. The number of rotatable bonds is 5. The minimum atomic E-state index is -3.01. The second-order valence-corrected chi connectivity index (χ2v) is 6.27. The maximum Gasteiger partial charge on any atom is 0.191 e. The van der Waals surface area contributed by atoms with E-state index >= 15 is 0 Å². The van der Waals surface area contributed by atoms with E-state index in [1.54, 1.807) is 25.4 Å². The largest absolute Gasteiger partial charge is 0.441 e. The number of aryl methyl sites for hydroxylation is 1. The van der Waals surface area contributed by atoms with Gasteiger partial charge in [0.15, 0.2) is 17.4 Å². The van der Waals surface area contributed by atoms with Crippen LogP contribution in [0.25, 0.3) is 22.1 Å². The molecule has 1 aliphatic rings. The normalized spacial score (nSPS) is 30.2. The van der Waals surface area contributed by atoms with Gasteiger partial charge in [-0.2, -0.15) is 0 Å². The van der Waals surface area contributed by atoms with Gasteiger partial charge in [-0.05, 0) is 24.4 Å². The summed E-state index contributed by atoms with van der Waals surface area (Å²) in [4.78, 5) is 21.6. The summed E-state index contributed by atoms with van der Waals surface area (Å²) in [5.74, 6) is 0.542. The Morgan fingerprint density at radius 3 is 3.04 bits per heavy atom. The van der Waals surface area contributed by atoms with Gasteiger partial charge in [-0.1, -0.05) is 12.1 Å². The van der Waals surface area contributed by atoms with Crippen LogP contribution in [-0.4, -0.2) is 52.8 Å². The minimum absolute atomic E-state index is 0.233. The van der Waals surface area contributed by atoms with Crippen molar-refractivity contribution in [1.29, 1.82) is 0 Å². The Bertz CT molecular complexity index is 1230. The van der Waals surface area contributed by atoms with Crippen LogP contribution >= 0.6 is 0 Å². The summed E-state index contributed by atoms with van der Waals surface area (Å²) in [6.45, 7) is -6.81. The minimum Gasteiger partial charge on any atom is -0.441 e. The van der Waals surface area contributed by atoms with E-state index in [0.717, 1.165) is 23.3 Å². The van der Waals surface area contributed by atoms with E-state index in [1.807, 2.05) is 18.2 Å². The van der Waals surface area contributed by atoms with Gasteiger partial charge in [0, 0.05) is 48.2 Å². The van der Waals surface area contributed by atoms with Crippen molar-refractivity contribution in [3.8, 4) is 11.3 Å². The molecule has 1 unspecified atom stereocenters. The second-order valence-electron chi connectivity index (χ2n) is 6.27. The fourth-order valence-corrected chi connectivity index (χ4v) is 2.84. The van der Waals surface area contributed by atoms with Crippen molar-refractivity contribution < 1.29 is 23.5 Å². The first-order valence-corrected chi connectivity index (χ1v) is 8.45. The van der Waals surface area contributed by atoms with Gasteiger partial charge >= 0.3 is 0 Å². The molecule has 1 aromatic carbocycles. The van der Waals surface area contributed by atoms with Crippen molar-refractivity contribution in [2.75, 3.05) is 26.1 Å². The monoisotopic (exact) mass is 372 g/mol. The molecule has 1 saturated heterocycles. The van der Waals surface area contributed by atoms with Crippen LogP contribution in [0.2, 0.25) is 0 Å². The zero-order chi connectivity index (χ0) is 25.1. The van der Waals surface area contributed by atoms with E-state index in [2.05, 4.69) is 9.97 Å². The molecule has 4 rings (SSSR count). The van der Waals surface area contributed by atoms with Crippen LogP contribution < -0.4 is 0 Å². The predicted octanol–water partition coefficient (Wildman–Crippen LogP) is 3.03. The molecule has 0 spiro atoms. The number of carbonyl (C=O) groups is 1. The van der Waals surface area contributed by atoms with E-state index in [-0.39, 0.29) is 6.42 Å². The SMILES string of the molecule is [2H]C1([2H])OC([2H])(C)C([2H])([2H])N(CC(=O)Cc2cc3cc(-c4cnc(C)o4)ccc3cn2)C1([2H])[2H]. The number of hydrogen-bond acceptors (Lipinski definition) is 6. The number of ketones is 1. The van der Waals surface area contributed by atoms with Gasteiger partial charge in [0.1, 0.15) is 0 Å². The van der Waals surface area contributed by atoms with Gasteiger partial charge < -0.3 is 9.15 Å². The molecule has 2 aromatic heterocycles. The van der Waals surface area contributed by atoms with E-state index in [4.69, 9.17) is 18.7 Å². The molecule has 3 heterocycles. The zero-order valence-corrected chi connectivity index (χ0v) is 14.9. The molecule has 0 N–H and O–H groups in total. The van der Waals surface area contributed by atoms with Gasteiger partial charge in [0.25, 0.3) is 0 Å². The van der Waals surface area contributed by atoms with Gasteiger partial charge in [0.2, 0.25) is 0 Å². The van der Waals surface area contributed by atoms with Gasteiger partial charge in [-0.25, -0.2) is 4.98 Å². The van der Waals surface area contributed by atoms with Gasteiger partial charge in [-0.3, -0.25) is 14.7 Å². The summed E-state index contributed by atoms with van der Waals surface area (Å²) >= 11 is 0. The van der Waals surface area contributed by atoms with Crippen LogP contribution in [-0.2, 0) is 16.0 Å². The number of pyridine rings is 1. The molecule has 6 nitrogen and oxygen atoms in total. The summed E-state index contributed by atoms with van der Waals surface area (Å²) in [6, 6.07) is 7.29. The standard InChI is InChI=1S/C21H23N3O3/c1-14-12-24(5-6-26-14)13-20(25)9-19-8-18-7-16(3-4-17(18)10-23-19)21-11-22-15(2)27-21/h3-4,7-8,10-11,14H,5-6,9,12-13H2,1-2H3/i5D2,6D2,12D2,14D. The maximum absolute atomic E-state index is 12.8. The number of morpholine rings is 1. The Labute approximate surface area is 168 Å². The number of hydrogen-bond donors (Lipinski definition) is 0. The van der Waals surface area contributed by atoms with Crippen LogP contribution in [0.4, 0.5) is 0 Å². The number of carbonyl (C=O) groups excluding carboxylic acids is 1. The topological polar surface area (TPSA) is 68.5 Å². The molecule has 1 fully saturated rings. The van der Waals surface area contributed by atoms with Crippen LogP contribution in [0.5, 0.6) is 0 Å². The van der Waals surface area contributed by atoms with Crippen molar-refractivity contribution in [3.63, 3.8) is 0 Å². The highest BCUT2D eigenvalue weighted by Crippen LogP contribution is 2.25. The number of Topliss-reactive ketones (excluding diaryl/α,β-unsaturated/α-hetero) is 1. The lowest BCUT2D eigenvalue weighted by Crippen LogP contribution is -2.43. The van der Waals surface area contributed by atoms with Crippen molar-refractivity contribution >= 4 is 16.6 Å². The Balaban J connectivity index is 1.58. The lowest BCUT2D eigenvalue weighted by atomic mass is 10.1. The lowest BCUT2D eigenvalue weighted by Gasteiger charge is -2.30. The molecule has 0 amide bonds. The number of ether oxygens (including phenoxy) is 1. The van der Waals surface area contributed by atoms with E-state index in [1.165, 1.54) is 0 Å². The number of oxazole rings is 1. The van der Waals surface area contributed by atoms with Crippen LogP contribution in [0.15, 0.2) is 41.1 Å². The first-order chi connectivity index (χ1) is 15.6. The molecule has 0 saturated carbocycles. The smallest absolute Gasteiger partial charge is 0.191 e. The first-order valence-electron chi connectivity index (χ1n) is 12.0. The molecule has 0 radical (unpaired) electrons. The first kappa shape index (κ1) is 11.3. The molecule has 0 bridgehead atoms. The molecule has 3 aromatic rings. The van der Waals surface area contributed by atoms with Crippen LogP contribution in [0.1, 0.15) is 28.1 Å². The number of benzene rings is 1. The number of aromatic nitrogens is 2. The van der Waals surface area contributed by atoms with E-state index < -0.39 is 38.0 Å². The third kappa shape index (κ3) is 4.23. The summed E-state index contributed by atoms with van der Waals surface area (Å²) in [6.07, 6.45) is 0.535. The van der Waals surface area contributed by atoms with Crippen molar-refractivity contribution in [1.82, 2.24) is 14.9 Å². The molecule has 27 heavy (non-hydrogen) atoms. The summed E-state index contributed by atoms with van der Waals surface area (Å²) in [7, 11) is 0. The van der Waals surface area contributed by atoms with Crippen molar-refractivity contribution in [3.05, 3.63) is 48.2 Å². The van der Waals surface area contributed by atoms with Gasteiger partial charge in [0.05, 0.1) is 35.9 Å². The Hall–Kier alpha value is -2.57. The molecule has 1 atom stereocenters. The van der Waals surface area contributed by atoms with Crippen LogP contribution in [0.3, 0.4) is 0 Å². The Kier molecular flexibility index (Phi) is 3.18. The summed E-state index contributed by atoms with van der Waals surface area (Å²) in [5, 5.41) is 1.62. The number of nitrogens with zero attached hydrogens (tertiary/aromatic N) is 3. The Morgan fingerprint density at radius 1 is 1.33 bits per heavy atom. The van der Waals surface area contributed by atoms with Crippen LogP contribution in [0, 0.1) is 6.92 Å². The highest BCUT2D eigenvalue weighted by Gasteiger charge is 2.19. The predicted molar refractivity (Wildman–Crippen MR) is 103 cm³/mol. The highest BCUT2D eigenvalue weighted by atomic mass is 16.5. The molecule has 0 aliphatic carbocycles. The van der Waals surface area contributed by atoms with Gasteiger partial charge in [-0.15, -0.1) is 0 Å². The summed E-state index contributed by atoms with van der Waals surface area (Å²) in [5.41, 5.74) is 1.18. The Morgan fingerprint density at radius 2 is 2.22 bits per heavy atom. The average Bonchev–Trinajstić information content (AvgIpc) is 3.16. The van der Waals surface area contributed by atoms with E-state index in [9.17, 15) is 4.79 Å². The maximum atomic E-state index is 12.8. The average molecular weight is 372 g/mol. The fourth-order valence-electron chi connectivity index (χ4n) is 2.84. The molecular formula is C21H23N3O3. The summed E-state index contributed by atoms with van der Waals surface area (Å²) < 4.78 is 66.7. The molecule has 140 valence electrons. The zero-order valence-electron chi connectivity index (χ0n) is 21.9. The highest BCUT2D eigenvalue weighted by molar-refractivity contribution is 5.88. The quantitative estimate of drug-likeness (QED) is 0.686. The second kappa shape index (κ2) is 7.58. The third-order valence-electron chi connectivity index (χ3n) is 4.07. The molecule has 1 aliphatic heterocycles.